The standard InChI is InChI=1S/C15H17ClN4O2.C2H6/c1-21-6-7-22-15-11-9-17-5-4-12(11)19-14(20-15)10-2-3-13(16)18-8-10;1-2/h2-3,8,17H,4-7,9H2,1H3;1-2H3. The Morgan fingerprint density at radius 3 is 2.75 bits per heavy atom. The van der Waals surface area contributed by atoms with Crippen LogP contribution < -0.4 is 10.1 Å². The molecule has 0 bridgehead atoms. The summed E-state index contributed by atoms with van der Waals surface area (Å²) in [6.07, 6.45) is 2.52. The van der Waals surface area contributed by atoms with Crippen molar-refractivity contribution in [3.05, 3.63) is 34.7 Å². The number of rotatable bonds is 5. The molecule has 3 rings (SSSR count). The predicted molar refractivity (Wildman–Crippen MR) is 94.4 cm³/mol. The Hall–Kier alpha value is -1.76. The summed E-state index contributed by atoms with van der Waals surface area (Å²) >= 11 is 5.83. The van der Waals surface area contributed by atoms with Gasteiger partial charge in [-0.1, -0.05) is 25.4 Å². The molecule has 24 heavy (non-hydrogen) atoms. The number of pyridine rings is 1. The second kappa shape index (κ2) is 9.52. The first-order valence-corrected chi connectivity index (χ1v) is 8.50. The largest absolute Gasteiger partial charge is 0.475 e. The van der Waals surface area contributed by atoms with Crippen LogP contribution in [0.5, 0.6) is 5.88 Å². The highest BCUT2D eigenvalue weighted by molar-refractivity contribution is 6.29. The van der Waals surface area contributed by atoms with E-state index >= 15 is 0 Å². The molecule has 0 amide bonds. The molecule has 0 radical (unpaired) electrons. The summed E-state index contributed by atoms with van der Waals surface area (Å²) < 4.78 is 10.8. The van der Waals surface area contributed by atoms with Gasteiger partial charge in [0.05, 0.1) is 12.3 Å². The van der Waals surface area contributed by atoms with Crippen molar-refractivity contribution in [3.63, 3.8) is 0 Å². The monoisotopic (exact) mass is 350 g/mol. The van der Waals surface area contributed by atoms with E-state index in [1.807, 2.05) is 19.9 Å². The van der Waals surface area contributed by atoms with Crippen LogP contribution >= 0.6 is 11.6 Å². The van der Waals surface area contributed by atoms with Crippen molar-refractivity contribution in [1.29, 1.82) is 0 Å². The fraction of sp³-hybridized carbons (Fsp3) is 0.471. The summed E-state index contributed by atoms with van der Waals surface area (Å²) in [5.41, 5.74) is 2.86. The third-order valence-electron chi connectivity index (χ3n) is 3.41. The van der Waals surface area contributed by atoms with Crippen molar-refractivity contribution in [2.45, 2.75) is 26.8 Å². The smallest absolute Gasteiger partial charge is 0.221 e. The molecular formula is C17H23ClN4O2. The number of nitrogens with zero attached hydrogens (tertiary/aromatic N) is 3. The first kappa shape index (κ1) is 18.6. The quantitative estimate of drug-likeness (QED) is 0.660. The van der Waals surface area contributed by atoms with Crippen LogP contribution in [0, 0.1) is 0 Å². The summed E-state index contributed by atoms with van der Waals surface area (Å²) in [6.45, 7) is 6.60. The number of nitrogens with one attached hydrogen (secondary N) is 1. The lowest BCUT2D eigenvalue weighted by molar-refractivity contribution is 0.142. The SMILES string of the molecule is CC.COCCOc1nc(-c2ccc(Cl)nc2)nc2c1CNCC2. The molecule has 2 aromatic heterocycles. The van der Waals surface area contributed by atoms with Crippen molar-refractivity contribution >= 4 is 11.6 Å². The van der Waals surface area contributed by atoms with E-state index in [1.165, 1.54) is 0 Å². The van der Waals surface area contributed by atoms with Crippen LogP contribution in [-0.2, 0) is 17.7 Å². The molecule has 1 N–H and O–H groups in total. The number of hydrogen-bond acceptors (Lipinski definition) is 6. The maximum Gasteiger partial charge on any atom is 0.221 e. The van der Waals surface area contributed by atoms with E-state index in [9.17, 15) is 0 Å². The van der Waals surface area contributed by atoms with Crippen LogP contribution in [0.15, 0.2) is 18.3 Å². The topological polar surface area (TPSA) is 69.2 Å². The lowest BCUT2D eigenvalue weighted by Crippen LogP contribution is -2.26. The van der Waals surface area contributed by atoms with Crippen LogP contribution in [0.2, 0.25) is 5.15 Å². The first-order chi connectivity index (χ1) is 11.8. The molecule has 0 saturated carbocycles. The number of hydrogen-bond donors (Lipinski definition) is 1. The average molecular weight is 351 g/mol. The van der Waals surface area contributed by atoms with Crippen LogP contribution in [-0.4, -0.2) is 41.8 Å². The third-order valence-corrected chi connectivity index (χ3v) is 3.63. The Morgan fingerprint density at radius 2 is 2.04 bits per heavy atom. The van der Waals surface area contributed by atoms with E-state index < -0.39 is 0 Å². The van der Waals surface area contributed by atoms with Gasteiger partial charge in [-0.05, 0) is 12.1 Å². The normalized spacial score (nSPS) is 12.8. The van der Waals surface area contributed by atoms with Gasteiger partial charge in [-0.15, -0.1) is 0 Å². The van der Waals surface area contributed by atoms with Crippen molar-refractivity contribution in [2.75, 3.05) is 26.9 Å². The van der Waals surface area contributed by atoms with Gasteiger partial charge in [0.25, 0.3) is 0 Å². The van der Waals surface area contributed by atoms with E-state index in [2.05, 4.69) is 20.3 Å². The molecule has 7 heteroatoms. The first-order valence-electron chi connectivity index (χ1n) is 8.12. The zero-order valence-electron chi connectivity index (χ0n) is 14.3. The Labute approximate surface area is 147 Å². The molecular weight excluding hydrogens is 328 g/mol. The zero-order chi connectivity index (χ0) is 17.4. The molecule has 0 saturated heterocycles. The maximum absolute atomic E-state index is 5.83. The fourth-order valence-electron chi connectivity index (χ4n) is 2.29. The van der Waals surface area contributed by atoms with Gasteiger partial charge in [0, 0.05) is 43.9 Å². The molecule has 1 aliphatic rings. The molecule has 6 nitrogen and oxygen atoms in total. The van der Waals surface area contributed by atoms with Crippen LogP contribution in [0.25, 0.3) is 11.4 Å². The third kappa shape index (κ3) is 4.63. The van der Waals surface area contributed by atoms with E-state index in [4.69, 9.17) is 21.1 Å². The summed E-state index contributed by atoms with van der Waals surface area (Å²) in [7, 11) is 1.64. The zero-order valence-corrected chi connectivity index (χ0v) is 15.1. The molecule has 2 aromatic rings. The van der Waals surface area contributed by atoms with Gasteiger partial charge in [0.2, 0.25) is 5.88 Å². The molecule has 0 unspecified atom stereocenters. The summed E-state index contributed by atoms with van der Waals surface area (Å²) in [5.74, 6) is 1.22. The second-order valence-electron chi connectivity index (χ2n) is 4.92. The summed E-state index contributed by atoms with van der Waals surface area (Å²) in [4.78, 5) is 13.3. The Kier molecular flexibility index (Phi) is 7.36. The van der Waals surface area contributed by atoms with Gasteiger partial charge in [0.15, 0.2) is 5.82 Å². The van der Waals surface area contributed by atoms with Crippen LogP contribution in [0.3, 0.4) is 0 Å². The highest BCUT2D eigenvalue weighted by Gasteiger charge is 2.19. The van der Waals surface area contributed by atoms with E-state index in [0.29, 0.717) is 30.1 Å². The van der Waals surface area contributed by atoms with Gasteiger partial charge >= 0.3 is 0 Å². The number of methoxy groups -OCH3 is 1. The van der Waals surface area contributed by atoms with Gasteiger partial charge in [-0.25, -0.2) is 9.97 Å². The van der Waals surface area contributed by atoms with Gasteiger partial charge < -0.3 is 14.8 Å². The van der Waals surface area contributed by atoms with Gasteiger partial charge in [-0.2, -0.15) is 4.98 Å². The molecule has 1 aliphatic heterocycles. The molecule has 3 heterocycles. The maximum atomic E-state index is 5.83. The predicted octanol–water partition coefficient (Wildman–Crippen LogP) is 2.89. The summed E-state index contributed by atoms with van der Waals surface area (Å²) in [6, 6.07) is 3.59. The highest BCUT2D eigenvalue weighted by atomic mass is 35.5. The van der Waals surface area contributed by atoms with Gasteiger partial charge in [0.1, 0.15) is 11.8 Å². The minimum absolute atomic E-state index is 0.447. The molecule has 0 spiro atoms. The van der Waals surface area contributed by atoms with Crippen LogP contribution in [0.1, 0.15) is 25.1 Å². The molecule has 130 valence electrons. The average Bonchev–Trinajstić information content (AvgIpc) is 2.64. The van der Waals surface area contributed by atoms with Crippen molar-refractivity contribution < 1.29 is 9.47 Å². The minimum Gasteiger partial charge on any atom is -0.475 e. The van der Waals surface area contributed by atoms with E-state index in [1.54, 1.807) is 19.4 Å². The Morgan fingerprint density at radius 1 is 1.21 bits per heavy atom. The fourth-order valence-corrected chi connectivity index (χ4v) is 2.40. The minimum atomic E-state index is 0.447. The Bertz CT molecular complexity index is 650. The van der Waals surface area contributed by atoms with Crippen molar-refractivity contribution in [3.8, 4) is 17.3 Å². The van der Waals surface area contributed by atoms with Gasteiger partial charge in [-0.3, -0.25) is 0 Å². The number of fused-ring (bicyclic) bond motifs is 1. The van der Waals surface area contributed by atoms with Crippen LogP contribution in [0.4, 0.5) is 0 Å². The van der Waals surface area contributed by atoms with Crippen molar-refractivity contribution in [1.82, 2.24) is 20.3 Å². The number of halogens is 1. The molecule has 0 atom stereocenters. The molecule has 0 aliphatic carbocycles. The highest BCUT2D eigenvalue weighted by Crippen LogP contribution is 2.26. The number of ether oxygens (including phenoxy) is 2. The van der Waals surface area contributed by atoms with E-state index in [0.717, 1.165) is 36.3 Å². The summed E-state index contributed by atoms with van der Waals surface area (Å²) in [5, 5.41) is 3.76. The number of aromatic nitrogens is 3. The van der Waals surface area contributed by atoms with Crippen molar-refractivity contribution in [2.24, 2.45) is 0 Å². The second-order valence-corrected chi connectivity index (χ2v) is 5.30. The lowest BCUT2D eigenvalue weighted by atomic mass is 10.1. The Balaban J connectivity index is 0.00000100. The lowest BCUT2D eigenvalue weighted by Gasteiger charge is -2.20. The molecule has 0 fully saturated rings. The molecule has 0 aromatic carbocycles. The van der Waals surface area contributed by atoms with E-state index in [-0.39, 0.29) is 0 Å².